The lowest BCUT2D eigenvalue weighted by atomic mass is 10.0. The molecule has 1 aliphatic carbocycles. The molecule has 3 nitrogen and oxygen atoms in total. The Hall–Kier alpha value is -1.09. The number of carbonyl (C=O) groups is 1. The molecule has 1 saturated carbocycles. The molecular formula is C16H24N2O. The molecule has 0 amide bonds. The first kappa shape index (κ1) is 12.9. The van der Waals surface area contributed by atoms with E-state index in [2.05, 4.69) is 16.4 Å². The topological polar surface area (TPSA) is 25.2 Å². The van der Waals surface area contributed by atoms with Crippen molar-refractivity contribution < 1.29 is 4.79 Å². The number of fused-ring (bicyclic) bond motifs is 1. The highest BCUT2D eigenvalue weighted by atomic mass is 16.1. The molecule has 2 atom stereocenters. The third kappa shape index (κ3) is 2.25. The molecule has 1 aromatic rings. The number of Topliss-reactive ketones (excluding diaryl/α,β-unsaturated/α-hetero) is 1. The van der Waals surface area contributed by atoms with E-state index in [0.717, 1.165) is 36.2 Å². The molecule has 19 heavy (non-hydrogen) atoms. The van der Waals surface area contributed by atoms with Gasteiger partial charge in [0.2, 0.25) is 0 Å². The van der Waals surface area contributed by atoms with E-state index in [1.54, 1.807) is 0 Å². The number of aromatic nitrogens is 1. The zero-order chi connectivity index (χ0) is 13.6. The van der Waals surface area contributed by atoms with Crippen LogP contribution in [-0.4, -0.2) is 34.9 Å². The van der Waals surface area contributed by atoms with E-state index >= 15 is 0 Å². The monoisotopic (exact) mass is 260 g/mol. The number of hydrogen-bond acceptors (Lipinski definition) is 2. The molecule has 2 unspecified atom stereocenters. The highest BCUT2D eigenvalue weighted by molar-refractivity contribution is 5.99. The molecular weight excluding hydrogens is 236 g/mol. The van der Waals surface area contributed by atoms with Crippen molar-refractivity contribution in [3.8, 4) is 0 Å². The van der Waals surface area contributed by atoms with Crippen molar-refractivity contribution in [2.45, 2.75) is 33.1 Å². The third-order valence-electron chi connectivity index (χ3n) is 5.24. The van der Waals surface area contributed by atoms with Crippen LogP contribution in [0.5, 0.6) is 0 Å². The average molecular weight is 260 g/mol. The van der Waals surface area contributed by atoms with Gasteiger partial charge in [-0.15, -0.1) is 0 Å². The summed E-state index contributed by atoms with van der Waals surface area (Å²) in [6.45, 7) is 6.99. The molecule has 0 spiro atoms. The molecule has 2 heterocycles. The fourth-order valence-corrected chi connectivity index (χ4v) is 3.89. The fourth-order valence-electron chi connectivity index (χ4n) is 3.89. The van der Waals surface area contributed by atoms with Gasteiger partial charge in [-0.1, -0.05) is 6.42 Å². The summed E-state index contributed by atoms with van der Waals surface area (Å²) in [5, 5.41) is 0. The zero-order valence-corrected chi connectivity index (χ0v) is 12.3. The van der Waals surface area contributed by atoms with Crippen molar-refractivity contribution in [1.82, 2.24) is 9.47 Å². The van der Waals surface area contributed by atoms with Crippen molar-refractivity contribution >= 4 is 5.78 Å². The minimum absolute atomic E-state index is 0.293. The summed E-state index contributed by atoms with van der Waals surface area (Å²) in [5.41, 5.74) is 3.18. The van der Waals surface area contributed by atoms with Crippen molar-refractivity contribution in [3.63, 3.8) is 0 Å². The quantitative estimate of drug-likeness (QED) is 0.780. The molecule has 2 aliphatic rings. The largest absolute Gasteiger partial charge is 0.351 e. The molecule has 2 fully saturated rings. The van der Waals surface area contributed by atoms with Gasteiger partial charge >= 0.3 is 0 Å². The second-order valence-electron chi connectivity index (χ2n) is 6.41. The maximum absolute atomic E-state index is 12.5. The van der Waals surface area contributed by atoms with E-state index in [0.29, 0.717) is 12.3 Å². The predicted octanol–water partition coefficient (Wildman–Crippen LogP) is 2.56. The van der Waals surface area contributed by atoms with E-state index < -0.39 is 0 Å². The predicted molar refractivity (Wildman–Crippen MR) is 76.5 cm³/mol. The van der Waals surface area contributed by atoms with Crippen LogP contribution in [0.1, 0.15) is 41.0 Å². The van der Waals surface area contributed by atoms with Gasteiger partial charge in [-0.3, -0.25) is 9.69 Å². The maximum Gasteiger partial charge on any atom is 0.178 e. The van der Waals surface area contributed by atoms with Crippen LogP contribution in [0.15, 0.2) is 6.07 Å². The summed E-state index contributed by atoms with van der Waals surface area (Å²) >= 11 is 0. The second-order valence-corrected chi connectivity index (χ2v) is 6.41. The van der Waals surface area contributed by atoms with Crippen LogP contribution >= 0.6 is 0 Å². The third-order valence-corrected chi connectivity index (χ3v) is 5.24. The van der Waals surface area contributed by atoms with E-state index in [9.17, 15) is 4.79 Å². The second kappa shape index (κ2) is 4.78. The van der Waals surface area contributed by atoms with Gasteiger partial charge in [0.05, 0.1) is 6.54 Å². The summed E-state index contributed by atoms with van der Waals surface area (Å²) in [4.78, 5) is 14.8. The Balaban J connectivity index is 1.67. The molecule has 0 aromatic carbocycles. The lowest BCUT2D eigenvalue weighted by Crippen LogP contribution is -2.28. The Morgan fingerprint density at radius 1 is 1.26 bits per heavy atom. The van der Waals surface area contributed by atoms with Gasteiger partial charge in [0.1, 0.15) is 0 Å². The number of ketones is 1. The zero-order valence-electron chi connectivity index (χ0n) is 12.3. The van der Waals surface area contributed by atoms with Crippen molar-refractivity contribution in [2.75, 3.05) is 19.6 Å². The number of hydrogen-bond donors (Lipinski definition) is 0. The minimum atomic E-state index is 0.293. The molecule has 104 valence electrons. The van der Waals surface area contributed by atoms with Gasteiger partial charge in [-0.05, 0) is 44.6 Å². The minimum Gasteiger partial charge on any atom is -0.351 e. The summed E-state index contributed by atoms with van der Waals surface area (Å²) < 4.78 is 2.10. The number of rotatable bonds is 3. The molecule has 3 rings (SSSR count). The van der Waals surface area contributed by atoms with Gasteiger partial charge in [-0.25, -0.2) is 0 Å². The first-order chi connectivity index (χ1) is 9.06. The van der Waals surface area contributed by atoms with E-state index in [-0.39, 0.29) is 0 Å². The van der Waals surface area contributed by atoms with E-state index in [1.807, 2.05) is 20.0 Å². The normalized spacial score (nSPS) is 26.9. The summed E-state index contributed by atoms with van der Waals surface area (Å²) in [5.74, 6) is 2.03. The van der Waals surface area contributed by atoms with Crippen LogP contribution in [0.3, 0.4) is 0 Å². The summed E-state index contributed by atoms with van der Waals surface area (Å²) in [6, 6.07) is 2.04. The molecule has 0 radical (unpaired) electrons. The number of nitrogens with zero attached hydrogens (tertiary/aromatic N) is 2. The standard InChI is InChI=1S/C16H24N2O/c1-11-7-15(12(2)17(11)3)16(19)10-18-8-13-5-4-6-14(13)9-18/h7,13-14H,4-6,8-10H2,1-3H3. The summed E-state index contributed by atoms with van der Waals surface area (Å²) in [6.07, 6.45) is 4.14. The van der Waals surface area contributed by atoms with Crippen molar-refractivity contribution in [1.29, 1.82) is 0 Å². The Morgan fingerprint density at radius 2 is 1.89 bits per heavy atom. The fraction of sp³-hybridized carbons (Fsp3) is 0.688. The van der Waals surface area contributed by atoms with E-state index in [1.165, 1.54) is 25.0 Å². The Kier molecular flexibility index (Phi) is 3.25. The highest BCUT2D eigenvalue weighted by Gasteiger charge is 2.36. The molecule has 3 heteroatoms. The first-order valence-corrected chi connectivity index (χ1v) is 7.44. The molecule has 1 aliphatic heterocycles. The molecule has 1 aromatic heterocycles. The number of aryl methyl sites for hydroxylation is 1. The first-order valence-electron chi connectivity index (χ1n) is 7.44. The number of carbonyl (C=O) groups excluding carboxylic acids is 1. The van der Waals surface area contributed by atoms with E-state index in [4.69, 9.17) is 0 Å². The summed E-state index contributed by atoms with van der Waals surface area (Å²) in [7, 11) is 2.03. The van der Waals surface area contributed by atoms with Crippen LogP contribution in [0.2, 0.25) is 0 Å². The van der Waals surface area contributed by atoms with Crippen LogP contribution in [0, 0.1) is 25.7 Å². The van der Waals surface area contributed by atoms with Crippen LogP contribution in [0.25, 0.3) is 0 Å². The van der Waals surface area contributed by atoms with Crippen LogP contribution in [-0.2, 0) is 7.05 Å². The Bertz CT molecular complexity index is 491. The maximum atomic E-state index is 12.5. The van der Waals surface area contributed by atoms with Crippen molar-refractivity contribution in [2.24, 2.45) is 18.9 Å². The molecule has 0 N–H and O–H groups in total. The number of likely N-dealkylation sites (tertiary alicyclic amines) is 1. The smallest absolute Gasteiger partial charge is 0.178 e. The van der Waals surface area contributed by atoms with Gasteiger partial charge in [-0.2, -0.15) is 0 Å². The average Bonchev–Trinajstić information content (AvgIpc) is 2.99. The van der Waals surface area contributed by atoms with Crippen LogP contribution < -0.4 is 0 Å². The SMILES string of the molecule is Cc1cc(C(=O)CN2CC3CCCC3C2)c(C)n1C. The highest BCUT2D eigenvalue weighted by Crippen LogP contribution is 2.37. The lowest BCUT2D eigenvalue weighted by molar-refractivity contribution is 0.0940. The van der Waals surface area contributed by atoms with Crippen molar-refractivity contribution in [3.05, 3.63) is 23.0 Å². The molecule has 1 saturated heterocycles. The van der Waals surface area contributed by atoms with Gasteiger partial charge in [0.25, 0.3) is 0 Å². The lowest BCUT2D eigenvalue weighted by Gasteiger charge is -2.15. The van der Waals surface area contributed by atoms with Gasteiger partial charge in [0.15, 0.2) is 5.78 Å². The Labute approximate surface area is 115 Å². The van der Waals surface area contributed by atoms with Gasteiger partial charge < -0.3 is 4.57 Å². The Morgan fingerprint density at radius 3 is 2.42 bits per heavy atom. The molecule has 0 bridgehead atoms. The van der Waals surface area contributed by atoms with Gasteiger partial charge in [0, 0.05) is 37.1 Å². The van der Waals surface area contributed by atoms with Crippen LogP contribution in [0.4, 0.5) is 0 Å².